The molecule has 0 aliphatic rings. The second-order valence-electron chi connectivity index (χ2n) is 1.83. The molecule has 0 aromatic carbocycles. The highest BCUT2D eigenvalue weighted by atomic mass is 35.8. The Hall–Kier alpha value is 0.737. The number of hydrogen-bond donors (Lipinski definition) is 0. The third kappa shape index (κ3) is 39.9. The van der Waals surface area contributed by atoms with E-state index in [0.29, 0.717) is 0 Å². The Labute approximate surface area is 102 Å². The average molecular weight is 316 g/mol. The molecule has 0 N–H and O–H groups in total. The lowest BCUT2D eigenvalue weighted by Gasteiger charge is -2.09. The van der Waals surface area contributed by atoms with Gasteiger partial charge in [0.25, 0.3) is 0 Å². The summed E-state index contributed by atoms with van der Waals surface area (Å²) in [4.78, 5) is 0. The molecule has 0 amide bonds. The van der Waals surface area contributed by atoms with Crippen LogP contribution in [0, 0.1) is 0 Å². The van der Waals surface area contributed by atoms with Crippen LogP contribution in [-0.2, 0) is 0 Å². The van der Waals surface area contributed by atoms with Gasteiger partial charge < -0.3 is 0 Å². The first-order chi connectivity index (χ1) is 5.62. The highest BCUT2D eigenvalue weighted by molar-refractivity contribution is 7.64. The minimum Gasteiger partial charge on any atom is -0.214 e. The fraction of sp³-hybridized carbons (Fsp3) is 1.00. The smallest absolute Gasteiger partial charge is 0.214 e. The van der Waals surface area contributed by atoms with Crippen LogP contribution in [0.1, 0.15) is 21.3 Å². The van der Waals surface area contributed by atoms with Crippen LogP contribution >= 0.6 is 33.2 Å². The highest BCUT2D eigenvalue weighted by Gasteiger charge is 2.34. The summed E-state index contributed by atoms with van der Waals surface area (Å²) in [6, 6.07) is -3.43. The fourth-order valence-corrected chi connectivity index (χ4v) is 1.70. The van der Waals surface area contributed by atoms with Crippen molar-refractivity contribution in [3.8, 4) is 0 Å². The molecule has 0 bridgehead atoms. The molecule has 0 aromatic rings. The van der Waals surface area contributed by atoms with E-state index in [4.69, 9.17) is 33.2 Å². The first-order valence-electron chi connectivity index (χ1n) is 2.88. The van der Waals surface area contributed by atoms with Crippen LogP contribution < -0.4 is 0 Å². The molecular formula is C6H14Cl3F5Si. The Morgan fingerprint density at radius 2 is 1.20 bits per heavy atom. The van der Waals surface area contributed by atoms with E-state index in [1.54, 1.807) is 0 Å². The summed E-state index contributed by atoms with van der Waals surface area (Å²) < 4.78 is 53.5. The standard InChI is InChI=1S/C3H4Cl3F3Si.CH2F2.2CH4/c4-10(5,6)2-1-3(7,8)9;2-1-3;;/h1-2H2;1H2;2*1H4. The summed E-state index contributed by atoms with van der Waals surface area (Å²) in [7, 11) is 0. The Balaban J connectivity index is -0.000000108. The van der Waals surface area contributed by atoms with Gasteiger partial charge in [-0.15, -0.1) is 33.2 Å². The third-order valence-electron chi connectivity index (χ3n) is 0.692. The maximum Gasteiger partial charge on any atom is 0.388 e. The molecule has 0 radical (unpaired) electrons. The minimum atomic E-state index is -4.21. The van der Waals surface area contributed by atoms with E-state index in [1.165, 1.54) is 0 Å². The monoisotopic (exact) mass is 314 g/mol. The molecule has 0 unspecified atom stereocenters. The van der Waals surface area contributed by atoms with E-state index in [0.717, 1.165) is 0 Å². The number of halogens is 8. The van der Waals surface area contributed by atoms with Gasteiger partial charge >= 0.3 is 12.2 Å². The molecular weight excluding hydrogens is 302 g/mol. The van der Waals surface area contributed by atoms with Crippen LogP contribution in [0.2, 0.25) is 6.04 Å². The lowest BCUT2D eigenvalue weighted by molar-refractivity contribution is -0.130. The van der Waals surface area contributed by atoms with Gasteiger partial charge in [-0.2, -0.15) is 13.2 Å². The van der Waals surface area contributed by atoms with Crippen molar-refractivity contribution in [2.24, 2.45) is 0 Å². The topological polar surface area (TPSA) is 0 Å². The molecule has 0 nitrogen and oxygen atoms in total. The van der Waals surface area contributed by atoms with Crippen LogP contribution in [-0.4, -0.2) is 19.1 Å². The van der Waals surface area contributed by atoms with Gasteiger partial charge in [0.1, 0.15) is 0 Å². The van der Waals surface area contributed by atoms with Crippen LogP contribution in [0.25, 0.3) is 0 Å². The summed E-state index contributed by atoms with van der Waals surface area (Å²) in [6.45, 7) is -1.75. The van der Waals surface area contributed by atoms with Gasteiger partial charge in [-0.25, -0.2) is 8.78 Å². The van der Waals surface area contributed by atoms with Crippen LogP contribution in [0.15, 0.2) is 0 Å². The van der Waals surface area contributed by atoms with Crippen molar-refractivity contribution in [1.82, 2.24) is 0 Å². The van der Waals surface area contributed by atoms with E-state index in [2.05, 4.69) is 0 Å². The molecule has 0 atom stereocenters. The molecule has 0 rings (SSSR count). The predicted octanol–water partition coefficient (Wildman–Crippen LogP) is 5.75. The van der Waals surface area contributed by atoms with Gasteiger partial charge in [0.2, 0.25) is 6.93 Å². The summed E-state index contributed by atoms with van der Waals surface area (Å²) in [5.74, 6) is 0. The zero-order chi connectivity index (χ0) is 11.1. The molecule has 0 aromatic heterocycles. The SMILES string of the molecule is C.C.FC(F)(F)CC[Si](Cl)(Cl)Cl.FCF. The molecule has 0 saturated carbocycles. The van der Waals surface area contributed by atoms with Crippen molar-refractivity contribution in [1.29, 1.82) is 0 Å². The number of rotatable bonds is 2. The van der Waals surface area contributed by atoms with Crippen molar-refractivity contribution < 1.29 is 22.0 Å². The van der Waals surface area contributed by atoms with Gasteiger partial charge in [-0.3, -0.25) is 0 Å². The molecule has 0 heterocycles. The van der Waals surface area contributed by atoms with E-state index in [1.807, 2.05) is 0 Å². The molecule has 15 heavy (non-hydrogen) atoms. The van der Waals surface area contributed by atoms with E-state index in [-0.39, 0.29) is 20.9 Å². The average Bonchev–Trinajstić information content (AvgIpc) is 1.82. The van der Waals surface area contributed by atoms with E-state index >= 15 is 0 Å². The molecule has 0 fully saturated rings. The second kappa shape index (κ2) is 11.2. The quantitative estimate of drug-likeness (QED) is 0.346. The molecule has 0 aliphatic carbocycles. The summed E-state index contributed by atoms with van der Waals surface area (Å²) in [5.41, 5.74) is 0. The number of hydrogen-bond acceptors (Lipinski definition) is 0. The normalized spacial score (nSPS) is 10.4. The lowest BCUT2D eigenvalue weighted by atomic mass is 10.5. The van der Waals surface area contributed by atoms with Crippen LogP contribution in [0.3, 0.4) is 0 Å². The van der Waals surface area contributed by atoms with Crippen LogP contribution in [0.4, 0.5) is 22.0 Å². The van der Waals surface area contributed by atoms with Crippen molar-refractivity contribution in [3.05, 3.63) is 0 Å². The maximum atomic E-state index is 11.4. The maximum absolute atomic E-state index is 11.4. The Morgan fingerprint density at radius 1 is 0.933 bits per heavy atom. The molecule has 98 valence electrons. The molecule has 0 saturated heterocycles. The van der Waals surface area contributed by atoms with Gasteiger partial charge in [-0.05, 0) is 6.04 Å². The van der Waals surface area contributed by atoms with Crippen molar-refractivity contribution in [2.45, 2.75) is 33.5 Å². The van der Waals surface area contributed by atoms with E-state index in [9.17, 15) is 22.0 Å². The van der Waals surface area contributed by atoms with Crippen molar-refractivity contribution >= 4 is 39.2 Å². The second-order valence-corrected chi connectivity index (χ2v) is 11.1. The minimum absolute atomic E-state index is 0. The first kappa shape index (κ1) is 24.8. The zero-order valence-corrected chi connectivity index (χ0v) is 9.41. The predicted molar refractivity (Wildman–Crippen MR) is 59.3 cm³/mol. The lowest BCUT2D eigenvalue weighted by Crippen LogP contribution is -2.15. The van der Waals surface area contributed by atoms with Crippen LogP contribution in [0.5, 0.6) is 0 Å². The first-order valence-corrected chi connectivity index (χ1v) is 8.12. The van der Waals surface area contributed by atoms with E-state index < -0.39 is 25.5 Å². The molecule has 0 aliphatic heterocycles. The number of alkyl halides is 5. The van der Waals surface area contributed by atoms with Crippen molar-refractivity contribution in [2.75, 3.05) is 6.93 Å². The molecule has 9 heteroatoms. The van der Waals surface area contributed by atoms with Gasteiger partial charge in [-0.1, -0.05) is 14.9 Å². The summed E-state index contributed by atoms with van der Waals surface area (Å²) >= 11 is 15.6. The van der Waals surface area contributed by atoms with Gasteiger partial charge in [0.05, 0.1) is 0 Å². The summed E-state index contributed by atoms with van der Waals surface area (Å²) in [5, 5.41) is 0. The summed E-state index contributed by atoms with van der Waals surface area (Å²) in [6.07, 6.45) is -5.22. The highest BCUT2D eigenvalue weighted by Crippen LogP contribution is 2.32. The van der Waals surface area contributed by atoms with Gasteiger partial charge in [0, 0.05) is 6.42 Å². The molecule has 0 spiro atoms. The Kier molecular flexibility index (Phi) is 18.6. The third-order valence-corrected chi connectivity index (χ3v) is 3.21. The zero-order valence-electron chi connectivity index (χ0n) is 6.15. The fourth-order valence-electron chi connectivity index (χ4n) is 0.283. The largest absolute Gasteiger partial charge is 0.388 e. The Bertz CT molecular complexity index is 111. The Morgan fingerprint density at radius 3 is 1.27 bits per heavy atom. The van der Waals surface area contributed by atoms with Gasteiger partial charge in [0.15, 0.2) is 0 Å². The van der Waals surface area contributed by atoms with Crippen molar-refractivity contribution in [3.63, 3.8) is 0 Å².